The van der Waals surface area contributed by atoms with Crippen LogP contribution in [-0.4, -0.2) is 45.0 Å². The van der Waals surface area contributed by atoms with Gasteiger partial charge in [0.15, 0.2) is 0 Å². The molecule has 1 rings (SSSR count). The van der Waals surface area contributed by atoms with E-state index >= 15 is 0 Å². The molecule has 1 aromatic carbocycles. The standard InChI is InChI=1S/C14H20N2O5S2/c1-2-21-14(18)10-22-9-13(17)16-8-7-11-3-5-12(6-4-11)23(15,19)20/h3-6H,2,7-10H2,1H3,(H,16,17)(H2,15,19,20). The molecular formula is C14H20N2O5S2. The summed E-state index contributed by atoms with van der Waals surface area (Å²) in [5.41, 5.74) is 0.886. The van der Waals surface area contributed by atoms with Gasteiger partial charge in [0, 0.05) is 6.54 Å². The van der Waals surface area contributed by atoms with E-state index in [4.69, 9.17) is 9.88 Å². The summed E-state index contributed by atoms with van der Waals surface area (Å²) in [4.78, 5) is 22.7. The molecule has 128 valence electrons. The maximum absolute atomic E-state index is 11.6. The molecule has 0 fully saturated rings. The van der Waals surface area contributed by atoms with Crippen LogP contribution in [0.1, 0.15) is 12.5 Å². The van der Waals surface area contributed by atoms with Crippen molar-refractivity contribution in [1.82, 2.24) is 5.32 Å². The van der Waals surface area contributed by atoms with Crippen molar-refractivity contribution >= 4 is 33.7 Å². The molecule has 7 nitrogen and oxygen atoms in total. The van der Waals surface area contributed by atoms with Crippen LogP contribution in [0.5, 0.6) is 0 Å². The number of rotatable bonds is 9. The monoisotopic (exact) mass is 360 g/mol. The summed E-state index contributed by atoms with van der Waals surface area (Å²) < 4.78 is 27.0. The maximum atomic E-state index is 11.6. The predicted molar refractivity (Wildman–Crippen MR) is 88.5 cm³/mol. The van der Waals surface area contributed by atoms with E-state index in [1.165, 1.54) is 23.9 Å². The van der Waals surface area contributed by atoms with Crippen molar-refractivity contribution in [3.63, 3.8) is 0 Å². The minimum atomic E-state index is -3.69. The van der Waals surface area contributed by atoms with Gasteiger partial charge in [0.1, 0.15) is 0 Å². The van der Waals surface area contributed by atoms with E-state index in [2.05, 4.69) is 5.32 Å². The molecule has 1 aromatic rings. The van der Waals surface area contributed by atoms with Gasteiger partial charge in [0.05, 0.1) is 23.0 Å². The summed E-state index contributed by atoms with van der Waals surface area (Å²) in [6.07, 6.45) is 0.569. The highest BCUT2D eigenvalue weighted by Crippen LogP contribution is 2.09. The number of benzene rings is 1. The topological polar surface area (TPSA) is 116 Å². The number of hydrogen-bond donors (Lipinski definition) is 2. The number of thioether (sulfide) groups is 1. The normalized spacial score (nSPS) is 11.0. The van der Waals surface area contributed by atoms with E-state index in [1.807, 2.05) is 0 Å². The fourth-order valence-electron chi connectivity index (χ4n) is 1.67. The van der Waals surface area contributed by atoms with Crippen molar-refractivity contribution in [2.45, 2.75) is 18.2 Å². The molecular weight excluding hydrogens is 340 g/mol. The highest BCUT2D eigenvalue weighted by atomic mass is 32.2. The van der Waals surface area contributed by atoms with Crippen LogP contribution in [0, 0.1) is 0 Å². The average Bonchev–Trinajstić information content (AvgIpc) is 2.47. The zero-order chi connectivity index (χ0) is 17.3. The summed E-state index contributed by atoms with van der Waals surface area (Å²) in [6, 6.07) is 6.17. The fourth-order valence-corrected chi connectivity index (χ4v) is 2.83. The van der Waals surface area contributed by atoms with E-state index in [0.29, 0.717) is 19.6 Å². The van der Waals surface area contributed by atoms with Crippen molar-refractivity contribution < 1.29 is 22.7 Å². The van der Waals surface area contributed by atoms with Gasteiger partial charge in [-0.2, -0.15) is 0 Å². The Morgan fingerprint density at radius 2 is 1.87 bits per heavy atom. The third kappa shape index (κ3) is 8.00. The Morgan fingerprint density at radius 3 is 2.43 bits per heavy atom. The summed E-state index contributed by atoms with van der Waals surface area (Å²) in [5, 5.41) is 7.74. The van der Waals surface area contributed by atoms with Crippen LogP contribution < -0.4 is 10.5 Å². The Balaban J connectivity index is 2.26. The molecule has 0 aromatic heterocycles. The molecule has 0 bridgehead atoms. The van der Waals surface area contributed by atoms with Gasteiger partial charge in [-0.25, -0.2) is 13.6 Å². The lowest BCUT2D eigenvalue weighted by Gasteiger charge is -2.06. The molecule has 3 N–H and O–H groups in total. The van der Waals surface area contributed by atoms with Crippen molar-refractivity contribution in [3.05, 3.63) is 29.8 Å². The first-order chi connectivity index (χ1) is 10.8. The van der Waals surface area contributed by atoms with Crippen LogP contribution in [0.25, 0.3) is 0 Å². The predicted octanol–water partition coefficient (Wildman–Crippen LogP) is 0.289. The van der Waals surface area contributed by atoms with Crippen LogP contribution in [0.4, 0.5) is 0 Å². The number of ether oxygens (including phenoxy) is 1. The molecule has 1 amide bonds. The molecule has 0 heterocycles. The zero-order valence-corrected chi connectivity index (χ0v) is 14.4. The maximum Gasteiger partial charge on any atom is 0.315 e. The van der Waals surface area contributed by atoms with Crippen LogP contribution in [0.3, 0.4) is 0 Å². The quantitative estimate of drug-likeness (QED) is 0.612. The van der Waals surface area contributed by atoms with Gasteiger partial charge in [-0.15, -0.1) is 11.8 Å². The first kappa shape index (κ1) is 19.5. The number of amides is 1. The molecule has 0 aliphatic heterocycles. The van der Waals surface area contributed by atoms with Gasteiger partial charge in [-0.1, -0.05) is 12.1 Å². The van der Waals surface area contributed by atoms with E-state index in [0.717, 1.165) is 5.56 Å². The Kier molecular flexibility index (Phi) is 8.07. The minimum absolute atomic E-state index is 0.0562. The molecule has 0 aliphatic carbocycles. The summed E-state index contributed by atoms with van der Waals surface area (Å²) in [5.74, 6) is -0.167. The Labute approximate surface area is 140 Å². The van der Waals surface area contributed by atoms with E-state index < -0.39 is 10.0 Å². The lowest BCUT2D eigenvalue weighted by Crippen LogP contribution is -2.27. The van der Waals surface area contributed by atoms with E-state index in [-0.39, 0.29) is 28.3 Å². The Bertz CT molecular complexity index is 629. The first-order valence-electron chi connectivity index (χ1n) is 6.94. The highest BCUT2D eigenvalue weighted by Gasteiger charge is 2.08. The number of nitrogens with two attached hydrogens (primary N) is 1. The van der Waals surface area contributed by atoms with E-state index in [1.54, 1.807) is 19.1 Å². The molecule has 0 saturated heterocycles. The van der Waals surface area contributed by atoms with Gasteiger partial charge < -0.3 is 10.1 Å². The van der Waals surface area contributed by atoms with Crippen LogP contribution in [0.15, 0.2) is 29.2 Å². The van der Waals surface area contributed by atoms with Gasteiger partial charge in [0.25, 0.3) is 0 Å². The first-order valence-corrected chi connectivity index (χ1v) is 9.65. The fraction of sp³-hybridized carbons (Fsp3) is 0.429. The lowest BCUT2D eigenvalue weighted by molar-refractivity contribution is -0.139. The smallest absolute Gasteiger partial charge is 0.315 e. The average molecular weight is 360 g/mol. The number of sulfonamides is 1. The molecule has 0 unspecified atom stereocenters. The second kappa shape index (κ2) is 9.53. The van der Waals surface area contributed by atoms with Crippen molar-refractivity contribution in [1.29, 1.82) is 0 Å². The second-order valence-electron chi connectivity index (χ2n) is 4.59. The third-order valence-corrected chi connectivity index (χ3v) is 4.58. The van der Waals surface area contributed by atoms with Gasteiger partial charge in [-0.05, 0) is 31.0 Å². The summed E-state index contributed by atoms with van der Waals surface area (Å²) >= 11 is 1.19. The highest BCUT2D eigenvalue weighted by molar-refractivity contribution is 8.00. The number of esters is 1. The molecule has 23 heavy (non-hydrogen) atoms. The largest absolute Gasteiger partial charge is 0.465 e. The number of carbonyl (C=O) groups is 2. The number of carbonyl (C=O) groups excluding carboxylic acids is 2. The summed E-state index contributed by atoms with van der Waals surface area (Å²) in [6.45, 7) is 2.48. The van der Waals surface area contributed by atoms with Crippen LogP contribution in [-0.2, 0) is 30.8 Å². The van der Waals surface area contributed by atoms with Crippen LogP contribution in [0.2, 0.25) is 0 Å². The van der Waals surface area contributed by atoms with Gasteiger partial charge in [0.2, 0.25) is 15.9 Å². The summed E-state index contributed by atoms with van der Waals surface area (Å²) in [7, 11) is -3.69. The minimum Gasteiger partial charge on any atom is -0.465 e. The third-order valence-electron chi connectivity index (χ3n) is 2.75. The molecule has 9 heteroatoms. The Morgan fingerprint density at radius 1 is 1.22 bits per heavy atom. The molecule has 0 aliphatic rings. The van der Waals surface area contributed by atoms with Gasteiger partial charge in [-0.3, -0.25) is 9.59 Å². The van der Waals surface area contributed by atoms with Crippen molar-refractivity contribution in [3.8, 4) is 0 Å². The Hall–Kier alpha value is -1.58. The molecule has 0 spiro atoms. The zero-order valence-electron chi connectivity index (χ0n) is 12.8. The number of hydrogen-bond acceptors (Lipinski definition) is 6. The molecule has 0 atom stereocenters. The lowest BCUT2D eigenvalue weighted by atomic mass is 10.1. The SMILES string of the molecule is CCOC(=O)CSCC(=O)NCCc1ccc(S(N)(=O)=O)cc1. The number of primary sulfonamides is 1. The number of nitrogens with one attached hydrogen (secondary N) is 1. The van der Waals surface area contributed by atoms with Crippen molar-refractivity contribution in [2.75, 3.05) is 24.7 Å². The second-order valence-corrected chi connectivity index (χ2v) is 7.13. The van der Waals surface area contributed by atoms with Crippen LogP contribution >= 0.6 is 11.8 Å². The van der Waals surface area contributed by atoms with Gasteiger partial charge >= 0.3 is 5.97 Å². The molecule has 0 radical (unpaired) electrons. The van der Waals surface area contributed by atoms with Crippen molar-refractivity contribution in [2.24, 2.45) is 5.14 Å². The molecule has 0 saturated carbocycles. The van der Waals surface area contributed by atoms with E-state index in [9.17, 15) is 18.0 Å².